The van der Waals surface area contributed by atoms with E-state index >= 15 is 0 Å². The van der Waals surface area contributed by atoms with E-state index in [0.29, 0.717) is 24.8 Å². The van der Waals surface area contributed by atoms with E-state index in [0.717, 1.165) is 30.4 Å². The zero-order valence-electron chi connectivity index (χ0n) is 15.1. The molecule has 0 amide bonds. The number of aromatic nitrogens is 3. The number of benzene rings is 1. The number of carbonyl (C=O) groups is 1. The summed E-state index contributed by atoms with van der Waals surface area (Å²) < 4.78 is 7.01. The van der Waals surface area contributed by atoms with Crippen molar-refractivity contribution in [3.8, 4) is 17.4 Å². The summed E-state index contributed by atoms with van der Waals surface area (Å²) in [4.78, 5) is 17.0. The highest BCUT2D eigenvalue weighted by Gasteiger charge is 2.18. The zero-order valence-corrected chi connectivity index (χ0v) is 15.1. The maximum atomic E-state index is 12.5. The lowest BCUT2D eigenvalue weighted by Gasteiger charge is -2.04. The molecule has 0 saturated carbocycles. The number of hydrogen-bond acceptors (Lipinski definition) is 4. The molecule has 5 nitrogen and oxygen atoms in total. The van der Waals surface area contributed by atoms with Gasteiger partial charge in [0.15, 0.2) is 5.82 Å². The van der Waals surface area contributed by atoms with Crippen molar-refractivity contribution in [1.82, 2.24) is 14.8 Å². The van der Waals surface area contributed by atoms with E-state index in [9.17, 15) is 4.79 Å². The molecule has 0 atom stereocenters. The second-order valence-corrected chi connectivity index (χ2v) is 6.55. The third kappa shape index (κ3) is 4.91. The Morgan fingerprint density at radius 1 is 1.21 bits per heavy atom. The summed E-state index contributed by atoms with van der Waals surface area (Å²) in [6.07, 6.45) is 3.46. The van der Waals surface area contributed by atoms with Crippen LogP contribution in [-0.4, -0.2) is 27.3 Å². The number of nitrogens with zero attached hydrogens (tertiary/aromatic N) is 3. The molecule has 0 unspecified atom stereocenters. The maximum absolute atomic E-state index is 12.5. The minimum absolute atomic E-state index is 0.0362. The summed E-state index contributed by atoms with van der Waals surface area (Å²) >= 11 is 0. The first-order valence-corrected chi connectivity index (χ1v) is 8.71. The number of hydrogen-bond donors (Lipinski definition) is 0. The Bertz CT molecular complexity index is 660. The number of rotatable bonds is 8. The Hall–Kier alpha value is -2.17. The fourth-order valence-electron chi connectivity index (χ4n) is 2.29. The van der Waals surface area contributed by atoms with Crippen molar-refractivity contribution in [2.75, 3.05) is 6.61 Å². The van der Waals surface area contributed by atoms with Gasteiger partial charge in [-0.2, -0.15) is 9.67 Å². The topological polar surface area (TPSA) is 57.0 Å². The van der Waals surface area contributed by atoms with Crippen LogP contribution >= 0.6 is 0 Å². The number of ether oxygens (including phenoxy) is 1. The predicted molar refractivity (Wildman–Crippen MR) is 95.3 cm³/mol. The number of carbonyl (C=O) groups excluding carboxylic acids is 1. The molecule has 5 heteroatoms. The first-order chi connectivity index (χ1) is 11.5. The molecule has 1 heterocycles. The SMILES string of the molecule is CCCCCC(=O)n1nc(OCC(C)C)nc1-c1ccc(C)cc1. The molecule has 0 bridgehead atoms. The second-order valence-electron chi connectivity index (χ2n) is 6.55. The summed E-state index contributed by atoms with van der Waals surface area (Å²) in [7, 11) is 0. The minimum Gasteiger partial charge on any atom is -0.462 e. The molecule has 0 radical (unpaired) electrons. The molecule has 0 fully saturated rings. The number of aryl methyl sites for hydroxylation is 1. The number of unbranched alkanes of at least 4 members (excludes halogenated alkanes) is 2. The molecule has 0 saturated heterocycles. The smallest absolute Gasteiger partial charge is 0.336 e. The van der Waals surface area contributed by atoms with Gasteiger partial charge in [0.1, 0.15) is 0 Å². The van der Waals surface area contributed by atoms with Crippen molar-refractivity contribution in [2.24, 2.45) is 5.92 Å². The van der Waals surface area contributed by atoms with E-state index in [4.69, 9.17) is 4.74 Å². The van der Waals surface area contributed by atoms with Gasteiger partial charge in [-0.1, -0.05) is 63.4 Å². The van der Waals surface area contributed by atoms with Crippen LogP contribution in [0.2, 0.25) is 0 Å². The van der Waals surface area contributed by atoms with E-state index in [2.05, 4.69) is 30.9 Å². The van der Waals surface area contributed by atoms with Crippen LogP contribution in [0.3, 0.4) is 0 Å². The molecule has 0 aliphatic heterocycles. The Kier molecular flexibility index (Phi) is 6.53. The quantitative estimate of drug-likeness (QED) is 0.669. The molecular weight excluding hydrogens is 302 g/mol. The van der Waals surface area contributed by atoms with Crippen molar-refractivity contribution < 1.29 is 9.53 Å². The Morgan fingerprint density at radius 2 is 1.92 bits per heavy atom. The van der Waals surface area contributed by atoms with Gasteiger partial charge in [0, 0.05) is 12.0 Å². The molecule has 0 aliphatic carbocycles. The van der Waals surface area contributed by atoms with Crippen LogP contribution < -0.4 is 4.74 Å². The van der Waals surface area contributed by atoms with Crippen molar-refractivity contribution in [3.63, 3.8) is 0 Å². The van der Waals surface area contributed by atoms with Gasteiger partial charge in [-0.15, -0.1) is 5.10 Å². The van der Waals surface area contributed by atoms with Gasteiger partial charge in [0.2, 0.25) is 5.91 Å². The van der Waals surface area contributed by atoms with E-state index < -0.39 is 0 Å². The lowest BCUT2D eigenvalue weighted by Crippen LogP contribution is -2.14. The zero-order chi connectivity index (χ0) is 17.5. The van der Waals surface area contributed by atoms with Crippen molar-refractivity contribution in [3.05, 3.63) is 29.8 Å². The minimum atomic E-state index is -0.0362. The third-order valence-electron chi connectivity index (χ3n) is 3.67. The first kappa shape index (κ1) is 18.2. The van der Waals surface area contributed by atoms with Gasteiger partial charge >= 0.3 is 6.01 Å². The van der Waals surface area contributed by atoms with Crippen LogP contribution in [0.1, 0.15) is 56.8 Å². The molecule has 2 rings (SSSR count). The molecule has 24 heavy (non-hydrogen) atoms. The Morgan fingerprint density at radius 3 is 2.54 bits per heavy atom. The fourth-order valence-corrected chi connectivity index (χ4v) is 2.29. The summed E-state index contributed by atoms with van der Waals surface area (Å²) in [6.45, 7) is 8.81. The van der Waals surface area contributed by atoms with Crippen LogP contribution in [0.5, 0.6) is 6.01 Å². The molecule has 0 aliphatic rings. The van der Waals surface area contributed by atoms with Crippen LogP contribution in [0.25, 0.3) is 11.4 Å². The Balaban J connectivity index is 2.27. The van der Waals surface area contributed by atoms with Crippen LogP contribution in [-0.2, 0) is 0 Å². The highest BCUT2D eigenvalue weighted by molar-refractivity contribution is 5.82. The fraction of sp³-hybridized carbons (Fsp3) is 0.526. The standard InChI is InChI=1S/C19H27N3O2/c1-5-6-7-8-17(23)22-18(16-11-9-15(4)10-12-16)20-19(21-22)24-13-14(2)3/h9-12,14H,5-8,13H2,1-4H3. The van der Waals surface area contributed by atoms with Gasteiger partial charge in [0.05, 0.1) is 6.61 Å². The second kappa shape index (κ2) is 8.62. The lowest BCUT2D eigenvalue weighted by atomic mass is 10.1. The van der Waals surface area contributed by atoms with E-state index in [1.54, 1.807) is 0 Å². The van der Waals surface area contributed by atoms with Crippen molar-refractivity contribution in [1.29, 1.82) is 0 Å². The van der Waals surface area contributed by atoms with Crippen molar-refractivity contribution >= 4 is 5.91 Å². The molecule has 130 valence electrons. The maximum Gasteiger partial charge on any atom is 0.336 e. The largest absolute Gasteiger partial charge is 0.462 e. The first-order valence-electron chi connectivity index (χ1n) is 8.71. The summed E-state index contributed by atoms with van der Waals surface area (Å²) in [5.41, 5.74) is 2.03. The van der Waals surface area contributed by atoms with Gasteiger partial charge in [-0.3, -0.25) is 4.79 Å². The summed E-state index contributed by atoms with van der Waals surface area (Å²) in [6, 6.07) is 8.20. The molecule has 0 N–H and O–H groups in total. The van der Waals surface area contributed by atoms with E-state index in [-0.39, 0.29) is 11.9 Å². The highest BCUT2D eigenvalue weighted by Crippen LogP contribution is 2.21. The predicted octanol–water partition coefficient (Wildman–Crippen LogP) is 4.51. The summed E-state index contributed by atoms with van der Waals surface area (Å²) in [5.74, 6) is 0.890. The van der Waals surface area contributed by atoms with Crippen LogP contribution in [0, 0.1) is 12.8 Å². The van der Waals surface area contributed by atoms with Crippen LogP contribution in [0.15, 0.2) is 24.3 Å². The lowest BCUT2D eigenvalue weighted by molar-refractivity contribution is 0.0882. The van der Waals surface area contributed by atoms with E-state index in [1.807, 2.05) is 31.2 Å². The Labute approximate surface area is 144 Å². The monoisotopic (exact) mass is 329 g/mol. The third-order valence-corrected chi connectivity index (χ3v) is 3.67. The van der Waals surface area contributed by atoms with Gasteiger partial charge in [-0.25, -0.2) is 0 Å². The molecule has 2 aromatic rings. The van der Waals surface area contributed by atoms with Crippen LogP contribution in [0.4, 0.5) is 0 Å². The van der Waals surface area contributed by atoms with Gasteiger partial charge in [0.25, 0.3) is 0 Å². The molecule has 1 aromatic heterocycles. The van der Waals surface area contributed by atoms with Crippen molar-refractivity contribution in [2.45, 2.75) is 53.4 Å². The van der Waals surface area contributed by atoms with Gasteiger partial charge < -0.3 is 4.74 Å². The molecule has 1 aromatic carbocycles. The normalized spacial score (nSPS) is 11.0. The highest BCUT2D eigenvalue weighted by atomic mass is 16.5. The van der Waals surface area contributed by atoms with E-state index in [1.165, 1.54) is 4.68 Å². The average molecular weight is 329 g/mol. The average Bonchev–Trinajstić information content (AvgIpc) is 2.98. The van der Waals surface area contributed by atoms with Gasteiger partial charge in [-0.05, 0) is 19.3 Å². The summed E-state index contributed by atoms with van der Waals surface area (Å²) in [5, 5.41) is 4.29. The molecule has 0 spiro atoms. The molecular formula is C19H27N3O2.